The Balaban J connectivity index is 1.69. The number of aryl methyl sites for hydroxylation is 1. The molecule has 0 radical (unpaired) electrons. The van der Waals surface area contributed by atoms with Gasteiger partial charge in [-0.1, -0.05) is 48.6 Å². The maximum atomic E-state index is 5.52. The predicted molar refractivity (Wildman–Crippen MR) is 112 cm³/mol. The number of hydrogen-bond acceptors (Lipinski definition) is 6. The lowest BCUT2D eigenvalue weighted by atomic mass is 10.1. The van der Waals surface area contributed by atoms with Crippen LogP contribution in [-0.4, -0.2) is 34.0 Å². The zero-order valence-electron chi connectivity index (χ0n) is 15.9. The molecule has 28 heavy (non-hydrogen) atoms. The van der Waals surface area contributed by atoms with Crippen LogP contribution in [0.3, 0.4) is 0 Å². The zero-order valence-corrected chi connectivity index (χ0v) is 16.7. The summed E-state index contributed by atoms with van der Waals surface area (Å²) in [6.07, 6.45) is 4.86. The van der Waals surface area contributed by atoms with Crippen LogP contribution in [0.5, 0.6) is 11.5 Å². The molecule has 2 heterocycles. The fourth-order valence-electron chi connectivity index (χ4n) is 3.03. The highest BCUT2D eigenvalue weighted by molar-refractivity contribution is 7.17. The van der Waals surface area contributed by atoms with Gasteiger partial charge in [0.15, 0.2) is 5.82 Å². The molecule has 7 heteroatoms. The quantitative estimate of drug-likeness (QED) is 0.480. The molecule has 0 aliphatic carbocycles. The fourth-order valence-corrected chi connectivity index (χ4v) is 3.77. The second-order valence-electron chi connectivity index (χ2n) is 6.12. The van der Waals surface area contributed by atoms with Crippen molar-refractivity contribution in [1.29, 1.82) is 0 Å². The molecule has 0 atom stereocenters. The van der Waals surface area contributed by atoms with Gasteiger partial charge in [-0.2, -0.15) is 9.61 Å². The summed E-state index contributed by atoms with van der Waals surface area (Å²) >= 11 is 1.49. The number of benzene rings is 2. The molecule has 0 aliphatic heterocycles. The fraction of sp³-hybridized carbons (Fsp3) is 0.190. The van der Waals surface area contributed by atoms with Crippen LogP contribution in [-0.2, 0) is 6.42 Å². The van der Waals surface area contributed by atoms with Crippen LogP contribution in [0.4, 0.5) is 0 Å². The highest BCUT2D eigenvalue weighted by Crippen LogP contribution is 2.31. The maximum Gasteiger partial charge on any atom is 0.235 e. The number of nitrogens with zero attached hydrogens (tertiary/aromatic N) is 4. The molecule has 4 aromatic rings. The van der Waals surface area contributed by atoms with Gasteiger partial charge in [0.05, 0.1) is 14.2 Å². The van der Waals surface area contributed by atoms with Crippen molar-refractivity contribution in [3.63, 3.8) is 0 Å². The molecule has 0 saturated carbocycles. The van der Waals surface area contributed by atoms with E-state index in [0.29, 0.717) is 0 Å². The van der Waals surface area contributed by atoms with E-state index in [1.807, 2.05) is 48.6 Å². The van der Waals surface area contributed by atoms with Gasteiger partial charge in [0, 0.05) is 17.2 Å². The Labute approximate surface area is 167 Å². The van der Waals surface area contributed by atoms with E-state index in [9.17, 15) is 0 Å². The van der Waals surface area contributed by atoms with Crippen LogP contribution >= 0.6 is 11.3 Å². The van der Waals surface area contributed by atoms with Gasteiger partial charge in [-0.05, 0) is 30.2 Å². The van der Waals surface area contributed by atoms with Gasteiger partial charge >= 0.3 is 0 Å². The standard InChI is InChI=1S/C21H20N4O2S/c1-4-14-12-16(18(27-3)13-17(14)26-2)10-11-19-24-25-20(22-23-21(25)28-19)15-8-6-5-7-9-15/h5-13H,4H2,1-3H3/b11-10+. The van der Waals surface area contributed by atoms with Gasteiger partial charge in [0.1, 0.15) is 16.5 Å². The summed E-state index contributed by atoms with van der Waals surface area (Å²) in [7, 11) is 3.33. The summed E-state index contributed by atoms with van der Waals surface area (Å²) in [5.41, 5.74) is 3.10. The molecule has 0 N–H and O–H groups in total. The van der Waals surface area contributed by atoms with Crippen molar-refractivity contribution < 1.29 is 9.47 Å². The number of hydrogen-bond donors (Lipinski definition) is 0. The van der Waals surface area contributed by atoms with Gasteiger partial charge in [0.2, 0.25) is 4.96 Å². The van der Waals surface area contributed by atoms with Crippen LogP contribution < -0.4 is 9.47 Å². The van der Waals surface area contributed by atoms with Crippen molar-refractivity contribution in [2.45, 2.75) is 13.3 Å². The summed E-state index contributed by atoms with van der Waals surface area (Å²) in [6, 6.07) is 13.9. The molecular formula is C21H20N4O2S. The van der Waals surface area contributed by atoms with E-state index in [1.54, 1.807) is 18.7 Å². The summed E-state index contributed by atoms with van der Waals surface area (Å²) < 4.78 is 12.7. The lowest BCUT2D eigenvalue weighted by Crippen LogP contribution is -1.95. The number of fused-ring (bicyclic) bond motifs is 1. The van der Waals surface area contributed by atoms with Crippen molar-refractivity contribution in [2.24, 2.45) is 0 Å². The Bertz CT molecular complexity index is 1130. The number of ether oxygens (including phenoxy) is 2. The van der Waals surface area contributed by atoms with Crippen molar-refractivity contribution in [3.8, 4) is 22.9 Å². The van der Waals surface area contributed by atoms with E-state index in [4.69, 9.17) is 9.47 Å². The van der Waals surface area contributed by atoms with Crippen molar-refractivity contribution >= 4 is 28.4 Å². The molecule has 2 aromatic carbocycles. The lowest BCUT2D eigenvalue weighted by Gasteiger charge is -2.12. The zero-order chi connectivity index (χ0) is 19.5. The van der Waals surface area contributed by atoms with Crippen LogP contribution in [0, 0.1) is 0 Å². The molecule has 142 valence electrons. The Kier molecular flexibility index (Phi) is 5.08. The maximum absolute atomic E-state index is 5.52. The van der Waals surface area contributed by atoms with Gasteiger partial charge in [0.25, 0.3) is 0 Å². The topological polar surface area (TPSA) is 61.5 Å². The second-order valence-corrected chi connectivity index (χ2v) is 7.10. The molecule has 0 fully saturated rings. The van der Waals surface area contributed by atoms with Crippen molar-refractivity contribution in [1.82, 2.24) is 19.8 Å². The third-order valence-corrected chi connectivity index (χ3v) is 5.32. The summed E-state index contributed by atoms with van der Waals surface area (Å²) in [5, 5.41) is 14.0. The first-order valence-electron chi connectivity index (χ1n) is 8.94. The Hall–Kier alpha value is -3.19. The predicted octanol–water partition coefficient (Wildman–Crippen LogP) is 4.60. The van der Waals surface area contributed by atoms with Gasteiger partial charge in [-0.3, -0.25) is 0 Å². The SMILES string of the molecule is CCc1cc(/C=C/c2nn3c(-c4ccccc4)nnc3s2)c(OC)cc1OC. The number of methoxy groups -OCH3 is 2. The van der Waals surface area contributed by atoms with Gasteiger partial charge in [-0.15, -0.1) is 10.2 Å². The van der Waals surface area contributed by atoms with E-state index in [0.717, 1.165) is 50.4 Å². The lowest BCUT2D eigenvalue weighted by molar-refractivity contribution is 0.391. The van der Waals surface area contributed by atoms with Crippen LogP contribution in [0.15, 0.2) is 42.5 Å². The van der Waals surface area contributed by atoms with Crippen molar-refractivity contribution in [2.75, 3.05) is 14.2 Å². The molecule has 0 unspecified atom stereocenters. The minimum atomic E-state index is 0.738. The third-order valence-electron chi connectivity index (χ3n) is 4.46. The van der Waals surface area contributed by atoms with E-state index in [1.165, 1.54) is 11.3 Å². The number of rotatable bonds is 6. The molecule has 0 spiro atoms. The first-order chi connectivity index (χ1) is 13.7. The molecular weight excluding hydrogens is 372 g/mol. The molecule has 6 nitrogen and oxygen atoms in total. The van der Waals surface area contributed by atoms with E-state index in [-0.39, 0.29) is 0 Å². The average Bonchev–Trinajstić information content (AvgIpc) is 3.32. The van der Waals surface area contributed by atoms with E-state index < -0.39 is 0 Å². The average molecular weight is 392 g/mol. The minimum Gasteiger partial charge on any atom is -0.496 e. The molecule has 0 bridgehead atoms. The van der Waals surface area contributed by atoms with Crippen LogP contribution in [0.25, 0.3) is 28.5 Å². The smallest absolute Gasteiger partial charge is 0.235 e. The third kappa shape index (κ3) is 3.36. The van der Waals surface area contributed by atoms with Crippen LogP contribution in [0.1, 0.15) is 23.1 Å². The Morgan fingerprint density at radius 3 is 2.50 bits per heavy atom. The first-order valence-corrected chi connectivity index (χ1v) is 9.75. The second kappa shape index (κ2) is 7.82. The largest absolute Gasteiger partial charge is 0.496 e. The summed E-state index contributed by atoms with van der Waals surface area (Å²) in [4.78, 5) is 0.759. The van der Waals surface area contributed by atoms with Gasteiger partial charge in [-0.25, -0.2) is 0 Å². The van der Waals surface area contributed by atoms with Crippen molar-refractivity contribution in [3.05, 3.63) is 58.6 Å². The molecule has 2 aromatic heterocycles. The first kappa shape index (κ1) is 18.2. The molecule has 0 saturated heterocycles. The molecule has 0 aliphatic rings. The monoisotopic (exact) mass is 392 g/mol. The molecule has 4 rings (SSSR count). The highest BCUT2D eigenvalue weighted by atomic mass is 32.1. The summed E-state index contributed by atoms with van der Waals surface area (Å²) in [6.45, 7) is 2.10. The Morgan fingerprint density at radius 2 is 1.79 bits per heavy atom. The van der Waals surface area contributed by atoms with E-state index in [2.05, 4.69) is 28.3 Å². The minimum absolute atomic E-state index is 0.738. The van der Waals surface area contributed by atoms with Gasteiger partial charge < -0.3 is 9.47 Å². The number of aromatic nitrogens is 4. The van der Waals surface area contributed by atoms with Crippen LogP contribution in [0.2, 0.25) is 0 Å². The highest BCUT2D eigenvalue weighted by Gasteiger charge is 2.13. The summed E-state index contributed by atoms with van der Waals surface area (Å²) in [5.74, 6) is 2.34. The Morgan fingerprint density at radius 1 is 1.00 bits per heavy atom. The normalized spacial score (nSPS) is 11.4. The molecule has 0 amide bonds. The van der Waals surface area contributed by atoms with E-state index >= 15 is 0 Å².